The predicted molar refractivity (Wildman–Crippen MR) is 196 cm³/mol. The van der Waals surface area contributed by atoms with Crippen LogP contribution in [0.5, 0.6) is 23.0 Å². The van der Waals surface area contributed by atoms with Gasteiger partial charge in [-0.15, -0.1) is 0 Å². The lowest BCUT2D eigenvalue weighted by atomic mass is 9.93. The van der Waals surface area contributed by atoms with Crippen LogP contribution in [0.2, 0.25) is 0 Å². The molecule has 2 N–H and O–H groups in total. The zero-order valence-corrected chi connectivity index (χ0v) is 28.1. The third-order valence-corrected chi connectivity index (χ3v) is 7.91. The molecule has 0 saturated heterocycles. The summed E-state index contributed by atoms with van der Waals surface area (Å²) >= 11 is 0. The van der Waals surface area contributed by atoms with E-state index in [2.05, 4.69) is 10.6 Å². The average molecular weight is 680 g/mol. The van der Waals surface area contributed by atoms with Gasteiger partial charge in [0, 0.05) is 17.0 Å². The molecular formula is C43H39N2O6. The molecule has 0 aliphatic heterocycles. The highest BCUT2D eigenvalue weighted by molar-refractivity contribution is 6.00. The maximum atomic E-state index is 13.2. The number of carbonyl (C=O) groups excluding carboxylic acids is 2. The third kappa shape index (κ3) is 10.9. The van der Waals surface area contributed by atoms with E-state index in [0.717, 1.165) is 34.1 Å². The second-order valence-corrected chi connectivity index (χ2v) is 11.7. The van der Waals surface area contributed by atoms with Gasteiger partial charge in [0.05, 0.1) is 13.1 Å². The molecule has 1 aliphatic carbocycles. The minimum absolute atomic E-state index is 0.273. The highest BCUT2D eigenvalue weighted by Gasteiger charge is 2.22. The number of nitrogens with one attached hydrogen (secondary N) is 2. The van der Waals surface area contributed by atoms with E-state index in [1.807, 2.05) is 135 Å². The fourth-order valence-corrected chi connectivity index (χ4v) is 5.24. The van der Waals surface area contributed by atoms with Crippen molar-refractivity contribution in [1.29, 1.82) is 0 Å². The summed E-state index contributed by atoms with van der Waals surface area (Å²) < 4.78 is 23.3. The van der Waals surface area contributed by atoms with Crippen LogP contribution >= 0.6 is 0 Å². The summed E-state index contributed by atoms with van der Waals surface area (Å²) in [6, 6.07) is 39.8. The van der Waals surface area contributed by atoms with Gasteiger partial charge in [0.15, 0.2) is 0 Å². The van der Waals surface area contributed by atoms with Crippen molar-refractivity contribution in [2.75, 3.05) is 26.3 Å². The molecule has 0 unspecified atom stereocenters. The van der Waals surface area contributed by atoms with Crippen LogP contribution in [-0.2, 0) is 13.2 Å². The van der Waals surface area contributed by atoms with Crippen LogP contribution in [0.4, 0.5) is 0 Å². The van der Waals surface area contributed by atoms with Crippen LogP contribution in [-0.4, -0.2) is 38.1 Å². The zero-order chi connectivity index (χ0) is 35.1. The number of carbonyl (C=O) groups is 2. The maximum absolute atomic E-state index is 13.2. The van der Waals surface area contributed by atoms with Crippen LogP contribution in [0.3, 0.4) is 0 Å². The monoisotopic (exact) mass is 679 g/mol. The molecule has 0 bridgehead atoms. The molecule has 6 rings (SSSR count). The fraction of sp³-hybridized carbons (Fsp3) is 0.140. The summed E-state index contributed by atoms with van der Waals surface area (Å²) in [4.78, 5) is 26.4. The average Bonchev–Trinajstić information content (AvgIpc) is 3.74. The first-order valence-electron chi connectivity index (χ1n) is 16.8. The van der Waals surface area contributed by atoms with Gasteiger partial charge in [0.2, 0.25) is 0 Å². The van der Waals surface area contributed by atoms with Gasteiger partial charge in [-0.05, 0) is 109 Å². The van der Waals surface area contributed by atoms with Crippen LogP contribution < -0.4 is 29.6 Å². The minimum Gasteiger partial charge on any atom is -0.492 e. The molecule has 8 heteroatoms. The Hall–Kier alpha value is -5.76. The smallest absolute Gasteiger partial charge is 0.251 e. The van der Waals surface area contributed by atoms with Gasteiger partial charge < -0.3 is 29.6 Å². The van der Waals surface area contributed by atoms with E-state index in [-0.39, 0.29) is 38.1 Å². The maximum Gasteiger partial charge on any atom is 0.251 e. The molecule has 0 spiro atoms. The topological polar surface area (TPSA) is 95.1 Å². The summed E-state index contributed by atoms with van der Waals surface area (Å²) in [6.07, 6.45) is 7.72. The Bertz CT molecular complexity index is 1700. The van der Waals surface area contributed by atoms with Crippen molar-refractivity contribution in [2.24, 2.45) is 0 Å². The molecular weight excluding hydrogens is 640 g/mol. The number of amides is 2. The number of ether oxygens (including phenoxy) is 4. The van der Waals surface area contributed by atoms with E-state index in [1.54, 1.807) is 18.2 Å². The van der Waals surface area contributed by atoms with Crippen molar-refractivity contribution in [2.45, 2.75) is 13.2 Å². The third-order valence-electron chi connectivity index (χ3n) is 7.91. The first-order valence-corrected chi connectivity index (χ1v) is 16.8. The molecule has 5 aromatic rings. The first kappa shape index (κ1) is 35.1. The van der Waals surface area contributed by atoms with Gasteiger partial charge in [-0.2, -0.15) is 0 Å². The SMILES string of the molecule is O=C(NCCOc1ccc(OCc2ccccc2)cc1)c1cc([C]2[CH][CH][CH][CH]2)cc(C(=O)NCCOc2ccc(OCc3ccccc3)cc2)c1. The standard InChI is InChI=1S/C43H39N2O6/c46-42(44-23-25-48-38-15-19-40(20-16-38)50-30-32-9-3-1-4-10-32)36-27-35(34-13-7-8-14-34)28-37(29-36)43(47)45-24-26-49-39-17-21-41(22-18-39)51-31-33-11-5-2-6-12-33/h1-22,27-29H,23-26,30-31H2,(H,44,46)(H,45,47). The molecule has 5 aromatic carbocycles. The lowest BCUT2D eigenvalue weighted by molar-refractivity contribution is 0.0946. The van der Waals surface area contributed by atoms with E-state index in [4.69, 9.17) is 18.9 Å². The Morgan fingerprint density at radius 2 is 0.863 bits per heavy atom. The van der Waals surface area contributed by atoms with Gasteiger partial charge in [-0.1, -0.05) is 60.7 Å². The highest BCUT2D eigenvalue weighted by Crippen LogP contribution is 2.31. The lowest BCUT2D eigenvalue weighted by Gasteiger charge is -2.14. The van der Waals surface area contributed by atoms with Crippen molar-refractivity contribution in [3.8, 4) is 23.0 Å². The van der Waals surface area contributed by atoms with Crippen LogP contribution in [0.15, 0.2) is 127 Å². The molecule has 0 aromatic heterocycles. The molecule has 1 aliphatic rings. The van der Waals surface area contributed by atoms with E-state index in [9.17, 15) is 9.59 Å². The Kier molecular flexibility index (Phi) is 12.6. The van der Waals surface area contributed by atoms with Crippen molar-refractivity contribution in [3.05, 3.63) is 187 Å². The lowest BCUT2D eigenvalue weighted by Crippen LogP contribution is -2.30. The van der Waals surface area contributed by atoms with Gasteiger partial charge in [-0.3, -0.25) is 9.59 Å². The number of hydrogen-bond acceptors (Lipinski definition) is 6. The molecule has 257 valence electrons. The molecule has 1 saturated carbocycles. The van der Waals surface area contributed by atoms with Crippen molar-refractivity contribution in [3.63, 3.8) is 0 Å². The highest BCUT2D eigenvalue weighted by atomic mass is 16.5. The Labute approximate surface area is 299 Å². The van der Waals surface area contributed by atoms with Crippen molar-refractivity contribution in [1.82, 2.24) is 10.6 Å². The molecule has 1 fully saturated rings. The Balaban J connectivity index is 0.954. The minimum atomic E-state index is -0.301. The van der Waals surface area contributed by atoms with Crippen LogP contribution in [0, 0.1) is 31.6 Å². The van der Waals surface area contributed by atoms with Gasteiger partial charge in [0.1, 0.15) is 49.4 Å². The van der Waals surface area contributed by atoms with Crippen molar-refractivity contribution < 1.29 is 28.5 Å². The summed E-state index contributed by atoms with van der Waals surface area (Å²) in [5.41, 5.74) is 3.72. The molecule has 8 nitrogen and oxygen atoms in total. The van der Waals surface area contributed by atoms with Gasteiger partial charge in [0.25, 0.3) is 11.8 Å². The largest absolute Gasteiger partial charge is 0.492 e. The second kappa shape index (κ2) is 18.3. The number of rotatable bonds is 17. The summed E-state index contributed by atoms with van der Waals surface area (Å²) in [5.74, 6) is 3.14. The summed E-state index contributed by atoms with van der Waals surface area (Å²) in [7, 11) is 0. The number of benzene rings is 5. The summed E-state index contributed by atoms with van der Waals surface area (Å²) in [6.45, 7) is 2.08. The normalized spacial score (nSPS) is 12.5. The zero-order valence-electron chi connectivity index (χ0n) is 28.1. The van der Waals surface area contributed by atoms with Gasteiger partial charge >= 0.3 is 0 Å². The fourth-order valence-electron chi connectivity index (χ4n) is 5.24. The predicted octanol–water partition coefficient (Wildman–Crippen LogP) is 7.22. The van der Waals surface area contributed by atoms with E-state index < -0.39 is 0 Å². The van der Waals surface area contributed by atoms with E-state index in [0.29, 0.717) is 35.8 Å². The van der Waals surface area contributed by atoms with Gasteiger partial charge in [-0.25, -0.2) is 0 Å². The first-order chi connectivity index (χ1) is 25.1. The second-order valence-electron chi connectivity index (χ2n) is 11.7. The number of hydrogen-bond donors (Lipinski definition) is 2. The molecule has 0 heterocycles. The molecule has 2 amide bonds. The van der Waals surface area contributed by atoms with Crippen LogP contribution in [0.25, 0.3) is 0 Å². The molecule has 0 atom stereocenters. The summed E-state index contributed by atoms with van der Waals surface area (Å²) in [5, 5.41) is 5.80. The molecule has 51 heavy (non-hydrogen) atoms. The van der Waals surface area contributed by atoms with Crippen LogP contribution in [0.1, 0.15) is 37.4 Å². The van der Waals surface area contributed by atoms with E-state index >= 15 is 0 Å². The Morgan fingerprint density at radius 1 is 0.471 bits per heavy atom. The van der Waals surface area contributed by atoms with E-state index in [1.165, 1.54) is 0 Å². The Morgan fingerprint density at radius 3 is 1.27 bits per heavy atom. The quantitative estimate of drug-likeness (QED) is 0.101. The molecule has 5 radical (unpaired) electrons. The van der Waals surface area contributed by atoms with Crippen molar-refractivity contribution >= 4 is 11.8 Å².